The standard InChI is InChI=1S/C26H36O5/c1-4-7-12-16-25(29,6-3)17-15-22-21(5-2)20-26(30-18-19-31-26)23(22)13-10-8-9-11-14-24(27)28/h2-3,8,10,15,17,21-23,29H,4,7,9,11-14,16,18-20H2,1H3,(H,27,28)/t21-,22+,23-,25?/m0/s1. The highest BCUT2D eigenvalue weighted by molar-refractivity contribution is 5.66. The van der Waals surface area contributed by atoms with Gasteiger partial charge in [0.05, 0.1) is 13.2 Å². The summed E-state index contributed by atoms with van der Waals surface area (Å²) in [5.41, 5.74) is -1.28. The average molecular weight is 429 g/mol. The number of allylic oxidation sites excluding steroid dienone is 3. The maximum absolute atomic E-state index is 10.8. The van der Waals surface area contributed by atoms with Crippen LogP contribution in [0.15, 0.2) is 24.3 Å². The molecule has 1 saturated carbocycles. The van der Waals surface area contributed by atoms with Crippen molar-refractivity contribution in [3.05, 3.63) is 24.3 Å². The van der Waals surface area contributed by atoms with Crippen LogP contribution < -0.4 is 0 Å². The molecule has 2 N–H and O–H groups in total. The van der Waals surface area contributed by atoms with Gasteiger partial charge in [-0.05, 0) is 44.1 Å². The molecule has 0 amide bonds. The normalized spacial score (nSPS) is 26.9. The Balaban J connectivity index is 2.14. The fraction of sp³-hybridized carbons (Fsp3) is 0.654. The molecule has 1 aliphatic carbocycles. The number of carboxylic acids is 1. The molecule has 0 bridgehead atoms. The minimum Gasteiger partial charge on any atom is -0.481 e. The number of aliphatic hydroxyl groups is 1. The van der Waals surface area contributed by atoms with Crippen LogP contribution in [0.3, 0.4) is 0 Å². The maximum Gasteiger partial charge on any atom is 0.303 e. The minimum atomic E-state index is -1.28. The lowest BCUT2D eigenvalue weighted by Crippen LogP contribution is -2.36. The van der Waals surface area contributed by atoms with Crippen molar-refractivity contribution in [3.8, 4) is 24.7 Å². The monoisotopic (exact) mass is 428 g/mol. The number of rotatable bonds is 12. The van der Waals surface area contributed by atoms with Gasteiger partial charge in [0.25, 0.3) is 0 Å². The van der Waals surface area contributed by atoms with Crippen LogP contribution >= 0.6 is 0 Å². The van der Waals surface area contributed by atoms with Crippen molar-refractivity contribution in [3.63, 3.8) is 0 Å². The number of aliphatic carboxylic acids is 1. The molecule has 1 unspecified atom stereocenters. The van der Waals surface area contributed by atoms with E-state index in [2.05, 4.69) is 24.8 Å². The molecule has 4 atom stereocenters. The first kappa shape index (κ1) is 25.2. The molecular weight excluding hydrogens is 392 g/mol. The zero-order chi connectivity index (χ0) is 22.7. The summed E-state index contributed by atoms with van der Waals surface area (Å²) in [4.78, 5) is 10.7. The smallest absolute Gasteiger partial charge is 0.303 e. The summed E-state index contributed by atoms with van der Waals surface area (Å²) in [6.45, 7) is 3.19. The van der Waals surface area contributed by atoms with Crippen molar-refractivity contribution in [2.75, 3.05) is 13.2 Å². The van der Waals surface area contributed by atoms with E-state index in [1.807, 2.05) is 12.2 Å². The van der Waals surface area contributed by atoms with Gasteiger partial charge >= 0.3 is 5.97 Å². The van der Waals surface area contributed by atoms with E-state index in [1.54, 1.807) is 6.08 Å². The molecule has 2 fully saturated rings. The highest BCUT2D eigenvalue weighted by atomic mass is 16.7. The zero-order valence-electron chi connectivity index (χ0n) is 18.6. The van der Waals surface area contributed by atoms with Crippen LogP contribution in [0.25, 0.3) is 0 Å². The summed E-state index contributed by atoms with van der Waals surface area (Å²) in [5.74, 6) is 3.83. The third-order valence-corrected chi connectivity index (χ3v) is 6.31. The highest BCUT2D eigenvalue weighted by Gasteiger charge is 2.55. The Morgan fingerprint density at radius 1 is 1.23 bits per heavy atom. The average Bonchev–Trinajstić information content (AvgIpc) is 3.34. The summed E-state index contributed by atoms with van der Waals surface area (Å²) in [7, 11) is 0. The van der Waals surface area contributed by atoms with E-state index in [0.717, 1.165) is 19.3 Å². The van der Waals surface area contributed by atoms with Crippen molar-refractivity contribution >= 4 is 5.97 Å². The number of hydrogen-bond donors (Lipinski definition) is 2. The van der Waals surface area contributed by atoms with Crippen molar-refractivity contribution in [2.45, 2.75) is 76.1 Å². The number of unbranched alkanes of at least 4 members (excludes halogenated alkanes) is 3. The molecule has 2 aliphatic rings. The van der Waals surface area contributed by atoms with Crippen LogP contribution in [0.5, 0.6) is 0 Å². The van der Waals surface area contributed by atoms with Crippen LogP contribution in [0.2, 0.25) is 0 Å². The lowest BCUT2D eigenvalue weighted by Gasteiger charge is -2.31. The van der Waals surface area contributed by atoms with Gasteiger partial charge in [0.15, 0.2) is 5.79 Å². The van der Waals surface area contributed by atoms with E-state index in [0.29, 0.717) is 45.3 Å². The largest absolute Gasteiger partial charge is 0.481 e. The number of carbonyl (C=O) groups is 1. The number of terminal acetylenes is 2. The van der Waals surface area contributed by atoms with Crippen molar-refractivity contribution in [1.82, 2.24) is 0 Å². The second kappa shape index (κ2) is 12.1. The van der Waals surface area contributed by atoms with Gasteiger partial charge in [-0.2, -0.15) is 0 Å². The quantitative estimate of drug-likeness (QED) is 0.275. The van der Waals surface area contributed by atoms with Crippen LogP contribution in [-0.2, 0) is 14.3 Å². The van der Waals surface area contributed by atoms with Gasteiger partial charge < -0.3 is 19.7 Å². The Hall–Kier alpha value is -2.05. The molecule has 5 nitrogen and oxygen atoms in total. The van der Waals surface area contributed by atoms with Crippen molar-refractivity contribution in [1.29, 1.82) is 0 Å². The topological polar surface area (TPSA) is 76.0 Å². The Morgan fingerprint density at radius 3 is 2.58 bits per heavy atom. The lowest BCUT2D eigenvalue weighted by molar-refractivity contribution is -0.184. The molecule has 1 saturated heterocycles. The first-order valence-electron chi connectivity index (χ1n) is 11.4. The predicted molar refractivity (Wildman–Crippen MR) is 121 cm³/mol. The van der Waals surface area contributed by atoms with Gasteiger partial charge in [-0.15, -0.1) is 18.8 Å². The molecule has 1 aliphatic heterocycles. The third-order valence-electron chi connectivity index (χ3n) is 6.31. The first-order chi connectivity index (χ1) is 14.9. The van der Waals surface area contributed by atoms with Gasteiger partial charge in [0.2, 0.25) is 0 Å². The Labute approximate surface area is 186 Å². The molecule has 1 heterocycles. The SMILES string of the molecule is C#C[C@H]1CC2(OCCO2)[C@@H](CC=CCCCC(=O)O)[C@@H]1C=CC(O)(C#C)CCCCC. The molecular formula is C26H36O5. The van der Waals surface area contributed by atoms with Gasteiger partial charge in [-0.25, -0.2) is 0 Å². The molecule has 170 valence electrons. The number of hydrogen-bond acceptors (Lipinski definition) is 4. The minimum absolute atomic E-state index is 0.000639. The van der Waals surface area contributed by atoms with E-state index in [1.165, 1.54) is 0 Å². The third kappa shape index (κ3) is 6.97. The molecule has 2 rings (SSSR count). The van der Waals surface area contributed by atoms with Crippen LogP contribution in [0.4, 0.5) is 0 Å². The summed E-state index contributed by atoms with van der Waals surface area (Å²) < 4.78 is 12.1. The van der Waals surface area contributed by atoms with E-state index >= 15 is 0 Å². The number of ether oxygens (including phenoxy) is 2. The van der Waals surface area contributed by atoms with Crippen LogP contribution in [-0.4, -0.2) is 40.8 Å². The van der Waals surface area contributed by atoms with Gasteiger partial charge in [-0.1, -0.05) is 43.9 Å². The molecule has 1 spiro atoms. The van der Waals surface area contributed by atoms with E-state index in [9.17, 15) is 9.90 Å². The molecule has 5 heteroatoms. The molecule has 0 aromatic carbocycles. The number of carboxylic acid groups (broad SMARTS) is 1. The Morgan fingerprint density at radius 2 is 1.97 bits per heavy atom. The summed E-state index contributed by atoms with van der Waals surface area (Å²) in [5, 5.41) is 19.6. The van der Waals surface area contributed by atoms with Crippen molar-refractivity contribution < 1.29 is 24.5 Å². The lowest BCUT2D eigenvalue weighted by atomic mass is 9.84. The summed E-state index contributed by atoms with van der Waals surface area (Å²) in [6.07, 6.45) is 25.5. The van der Waals surface area contributed by atoms with Crippen LogP contribution in [0.1, 0.15) is 64.7 Å². The fourth-order valence-electron chi connectivity index (χ4n) is 4.60. The van der Waals surface area contributed by atoms with E-state index in [4.69, 9.17) is 27.4 Å². The highest BCUT2D eigenvalue weighted by Crippen LogP contribution is 2.51. The van der Waals surface area contributed by atoms with Gasteiger partial charge in [-0.3, -0.25) is 4.79 Å². The second-order valence-corrected chi connectivity index (χ2v) is 8.55. The maximum atomic E-state index is 10.8. The second-order valence-electron chi connectivity index (χ2n) is 8.55. The van der Waals surface area contributed by atoms with E-state index in [-0.39, 0.29) is 24.2 Å². The zero-order valence-corrected chi connectivity index (χ0v) is 18.6. The summed E-state index contributed by atoms with van der Waals surface area (Å²) >= 11 is 0. The molecule has 0 radical (unpaired) electrons. The van der Waals surface area contributed by atoms with Gasteiger partial charge in [0.1, 0.15) is 5.60 Å². The first-order valence-corrected chi connectivity index (χ1v) is 11.4. The Bertz CT molecular complexity index is 719. The Kier molecular flexibility index (Phi) is 9.85. The van der Waals surface area contributed by atoms with Crippen molar-refractivity contribution in [2.24, 2.45) is 17.8 Å². The molecule has 0 aromatic heterocycles. The van der Waals surface area contributed by atoms with Crippen LogP contribution in [0, 0.1) is 42.4 Å². The fourth-order valence-corrected chi connectivity index (χ4v) is 4.60. The predicted octanol–water partition coefficient (Wildman–Crippen LogP) is 4.32. The molecule has 31 heavy (non-hydrogen) atoms. The van der Waals surface area contributed by atoms with E-state index < -0.39 is 17.4 Å². The van der Waals surface area contributed by atoms with Gasteiger partial charge in [0, 0.05) is 24.7 Å². The summed E-state index contributed by atoms with van der Waals surface area (Å²) in [6, 6.07) is 0. The molecule has 0 aromatic rings.